The number of fused-ring (bicyclic) bond motifs is 1. The largest absolute Gasteiger partial charge is 0.426 e. The van der Waals surface area contributed by atoms with Crippen LogP contribution < -0.4 is 14.5 Å². The van der Waals surface area contributed by atoms with Crippen LogP contribution in [0.2, 0.25) is 10.0 Å². The normalized spacial score (nSPS) is 25.5. The number of anilines is 2. The lowest BCUT2D eigenvalue weighted by Crippen LogP contribution is -2.32. The molecule has 2 aliphatic heterocycles. The summed E-state index contributed by atoms with van der Waals surface area (Å²) < 4.78 is 5.57. The maximum atomic E-state index is 13.1. The first-order valence-electron chi connectivity index (χ1n) is 11.8. The van der Waals surface area contributed by atoms with Gasteiger partial charge in [0, 0.05) is 13.0 Å². The van der Waals surface area contributed by atoms with Gasteiger partial charge in [-0.3, -0.25) is 19.2 Å². The fourth-order valence-corrected chi connectivity index (χ4v) is 5.72. The van der Waals surface area contributed by atoms with Gasteiger partial charge in [-0.25, -0.2) is 4.90 Å². The number of aryl methyl sites for hydroxylation is 1. The Morgan fingerprint density at radius 1 is 1.06 bits per heavy atom. The highest BCUT2D eigenvalue weighted by Crippen LogP contribution is 2.42. The summed E-state index contributed by atoms with van der Waals surface area (Å²) >= 11 is 12.3. The molecule has 3 aliphatic rings. The Morgan fingerprint density at radius 3 is 2.56 bits per heavy atom. The Labute approximate surface area is 218 Å². The lowest BCUT2D eigenvalue weighted by Gasteiger charge is -2.22. The number of hydrogen-bond donors (Lipinski definition) is 0. The van der Waals surface area contributed by atoms with Crippen molar-refractivity contribution >= 4 is 58.3 Å². The Kier molecular flexibility index (Phi) is 6.39. The molecule has 4 atom stereocenters. The van der Waals surface area contributed by atoms with E-state index in [2.05, 4.69) is 0 Å². The summed E-state index contributed by atoms with van der Waals surface area (Å²) in [5.74, 6) is -2.27. The number of hydrogen-bond acceptors (Lipinski definition) is 5. The van der Waals surface area contributed by atoms with Gasteiger partial charge in [-0.2, -0.15) is 0 Å². The van der Waals surface area contributed by atoms with E-state index in [1.54, 1.807) is 43.3 Å². The molecule has 0 unspecified atom stereocenters. The maximum absolute atomic E-state index is 13.1. The molecule has 0 aromatic heterocycles. The van der Waals surface area contributed by atoms with Gasteiger partial charge in [-0.05, 0) is 55.2 Å². The van der Waals surface area contributed by atoms with Crippen LogP contribution in [0.15, 0.2) is 48.6 Å². The SMILES string of the molecule is Cc1cc(OC(=O)[C@@H]2CC(=O)N(c3cccc(Cl)c3Cl)C2)ccc1N1C(=O)[C@H]2[C@@H](C)C=CC[C@H]2C1=O. The van der Waals surface area contributed by atoms with Crippen molar-refractivity contribution in [3.63, 3.8) is 0 Å². The third-order valence-electron chi connectivity index (χ3n) is 7.18. The van der Waals surface area contributed by atoms with Gasteiger partial charge in [0.25, 0.3) is 0 Å². The van der Waals surface area contributed by atoms with Crippen LogP contribution in [0.1, 0.15) is 25.3 Å². The van der Waals surface area contributed by atoms with Crippen molar-refractivity contribution in [2.24, 2.45) is 23.7 Å². The quantitative estimate of drug-likeness (QED) is 0.243. The van der Waals surface area contributed by atoms with Gasteiger partial charge in [0.1, 0.15) is 5.75 Å². The molecule has 0 saturated carbocycles. The first kappa shape index (κ1) is 24.5. The molecule has 186 valence electrons. The smallest absolute Gasteiger partial charge is 0.316 e. The first-order chi connectivity index (χ1) is 17.2. The van der Waals surface area contributed by atoms with E-state index in [1.165, 1.54) is 9.80 Å². The number of ether oxygens (including phenoxy) is 1. The first-order valence-corrected chi connectivity index (χ1v) is 12.5. The molecule has 2 aromatic rings. The molecule has 0 N–H and O–H groups in total. The van der Waals surface area contributed by atoms with Crippen LogP contribution in [0.25, 0.3) is 0 Å². The molecular weight excluding hydrogens is 503 g/mol. The van der Waals surface area contributed by atoms with E-state index in [4.69, 9.17) is 27.9 Å². The molecule has 0 bridgehead atoms. The van der Waals surface area contributed by atoms with E-state index in [0.717, 1.165) is 0 Å². The Bertz CT molecular complexity index is 1320. The Morgan fingerprint density at radius 2 is 1.83 bits per heavy atom. The number of benzene rings is 2. The number of nitrogens with zero attached hydrogens (tertiary/aromatic N) is 2. The molecule has 3 amide bonds. The second kappa shape index (κ2) is 9.37. The van der Waals surface area contributed by atoms with Gasteiger partial charge in [0.05, 0.1) is 39.2 Å². The third-order valence-corrected chi connectivity index (χ3v) is 7.99. The molecule has 5 rings (SSSR count). The zero-order chi connectivity index (χ0) is 25.7. The molecule has 36 heavy (non-hydrogen) atoms. The molecule has 2 fully saturated rings. The number of carbonyl (C=O) groups is 4. The van der Waals surface area contributed by atoms with Crippen LogP contribution in [-0.4, -0.2) is 30.2 Å². The summed E-state index contributed by atoms with van der Waals surface area (Å²) in [7, 11) is 0. The highest BCUT2D eigenvalue weighted by molar-refractivity contribution is 6.44. The average molecular weight is 527 g/mol. The minimum absolute atomic E-state index is 0.00112. The van der Waals surface area contributed by atoms with E-state index in [-0.39, 0.29) is 59.2 Å². The van der Waals surface area contributed by atoms with E-state index < -0.39 is 11.9 Å². The van der Waals surface area contributed by atoms with Gasteiger partial charge < -0.3 is 9.64 Å². The highest BCUT2D eigenvalue weighted by Gasteiger charge is 2.50. The summed E-state index contributed by atoms with van der Waals surface area (Å²) in [5, 5.41) is 0.576. The summed E-state index contributed by atoms with van der Waals surface area (Å²) in [6, 6.07) is 9.80. The summed E-state index contributed by atoms with van der Waals surface area (Å²) in [4.78, 5) is 54.3. The number of carbonyl (C=O) groups excluding carboxylic acids is 4. The van der Waals surface area contributed by atoms with E-state index in [9.17, 15) is 19.2 Å². The van der Waals surface area contributed by atoms with Crippen LogP contribution in [-0.2, 0) is 19.2 Å². The minimum atomic E-state index is -0.675. The fourth-order valence-electron chi connectivity index (χ4n) is 5.33. The standard InChI is InChI=1S/C27H24Cl2N2O5/c1-14-5-3-6-18-23(14)26(34)31(25(18)33)20-10-9-17(11-15(20)2)36-27(35)16-12-22(32)30(13-16)21-8-4-7-19(28)24(21)29/h3-5,7-11,14,16,18,23H,6,12-13H2,1-2H3/t14-,16+,18+,23-/m0/s1. The van der Waals surface area contributed by atoms with Crippen LogP contribution in [0.3, 0.4) is 0 Å². The van der Waals surface area contributed by atoms with Crippen molar-refractivity contribution in [2.45, 2.75) is 26.7 Å². The lowest BCUT2D eigenvalue weighted by atomic mass is 9.78. The van der Waals surface area contributed by atoms with E-state index >= 15 is 0 Å². The number of amides is 3. The van der Waals surface area contributed by atoms with Crippen LogP contribution >= 0.6 is 23.2 Å². The predicted molar refractivity (Wildman–Crippen MR) is 136 cm³/mol. The van der Waals surface area contributed by atoms with E-state index in [0.29, 0.717) is 28.4 Å². The molecule has 2 heterocycles. The van der Waals surface area contributed by atoms with Crippen molar-refractivity contribution in [3.8, 4) is 5.75 Å². The number of rotatable bonds is 4. The summed E-state index contributed by atoms with van der Waals surface area (Å²) in [6.45, 7) is 3.84. The maximum Gasteiger partial charge on any atom is 0.316 e. The van der Waals surface area contributed by atoms with Gasteiger partial charge in [0.15, 0.2) is 0 Å². The lowest BCUT2D eigenvalue weighted by molar-refractivity contribution is -0.139. The summed E-state index contributed by atoms with van der Waals surface area (Å²) in [6.07, 6.45) is 4.50. The number of esters is 1. The highest BCUT2D eigenvalue weighted by atomic mass is 35.5. The van der Waals surface area contributed by atoms with Gasteiger partial charge in [-0.15, -0.1) is 0 Å². The van der Waals surface area contributed by atoms with Crippen molar-refractivity contribution in [2.75, 3.05) is 16.3 Å². The van der Waals surface area contributed by atoms with Gasteiger partial charge >= 0.3 is 5.97 Å². The summed E-state index contributed by atoms with van der Waals surface area (Å²) in [5.41, 5.74) is 1.58. The third kappa shape index (κ3) is 4.10. The fraction of sp³-hybridized carbons (Fsp3) is 0.333. The van der Waals surface area contributed by atoms with Crippen molar-refractivity contribution in [1.29, 1.82) is 0 Å². The predicted octanol–water partition coefficient (Wildman–Crippen LogP) is 4.96. The second-order valence-corrected chi connectivity index (χ2v) is 10.3. The molecule has 2 aromatic carbocycles. The molecule has 0 radical (unpaired) electrons. The van der Waals surface area contributed by atoms with Gasteiger partial charge in [-0.1, -0.05) is 48.3 Å². The van der Waals surface area contributed by atoms with Crippen LogP contribution in [0.4, 0.5) is 11.4 Å². The van der Waals surface area contributed by atoms with Crippen molar-refractivity contribution < 1.29 is 23.9 Å². The topological polar surface area (TPSA) is 84.0 Å². The molecule has 7 nitrogen and oxygen atoms in total. The van der Waals surface area contributed by atoms with E-state index in [1.807, 2.05) is 19.1 Å². The zero-order valence-corrected chi connectivity index (χ0v) is 21.3. The molecule has 1 aliphatic carbocycles. The van der Waals surface area contributed by atoms with Crippen LogP contribution in [0.5, 0.6) is 5.75 Å². The Balaban J connectivity index is 1.30. The average Bonchev–Trinajstić information content (AvgIpc) is 3.34. The molecule has 9 heteroatoms. The van der Waals surface area contributed by atoms with Crippen molar-refractivity contribution in [1.82, 2.24) is 0 Å². The zero-order valence-electron chi connectivity index (χ0n) is 19.7. The second-order valence-electron chi connectivity index (χ2n) is 9.51. The molecule has 2 saturated heterocycles. The van der Waals surface area contributed by atoms with Gasteiger partial charge in [0.2, 0.25) is 17.7 Å². The molecular formula is C27H24Cl2N2O5. The molecule has 0 spiro atoms. The van der Waals surface area contributed by atoms with Crippen LogP contribution in [0, 0.1) is 30.6 Å². The monoisotopic (exact) mass is 526 g/mol. The number of imide groups is 1. The number of allylic oxidation sites excluding steroid dienone is 2. The van der Waals surface area contributed by atoms with Crippen molar-refractivity contribution in [3.05, 3.63) is 64.2 Å². The Hall–Kier alpha value is -3.16. The number of halogens is 2. The minimum Gasteiger partial charge on any atom is -0.426 e.